The molecule has 0 amide bonds. The van der Waals surface area contributed by atoms with E-state index in [9.17, 15) is 20.0 Å². The number of nitro groups is 1. The number of rotatable bonds is 4. The van der Waals surface area contributed by atoms with E-state index < -0.39 is 16.3 Å². The third kappa shape index (κ3) is 2.49. The van der Waals surface area contributed by atoms with Gasteiger partial charge in [0.2, 0.25) is 0 Å². The van der Waals surface area contributed by atoms with Gasteiger partial charge in [-0.1, -0.05) is 6.42 Å². The van der Waals surface area contributed by atoms with E-state index in [0.29, 0.717) is 18.7 Å². The van der Waals surface area contributed by atoms with Crippen molar-refractivity contribution in [3.8, 4) is 0 Å². The highest BCUT2D eigenvalue weighted by Gasteiger charge is 2.45. The number of hydrogen-bond acceptors (Lipinski definition) is 5. The topological polar surface area (TPSA) is 105 Å². The van der Waals surface area contributed by atoms with Gasteiger partial charge in [0.1, 0.15) is 5.82 Å². The molecule has 0 bridgehead atoms. The van der Waals surface area contributed by atoms with Gasteiger partial charge in [0.15, 0.2) is 0 Å². The Bertz CT molecular complexity index is 519. The molecule has 1 saturated carbocycles. The summed E-state index contributed by atoms with van der Waals surface area (Å²) in [5, 5.41) is 23.0. The highest BCUT2D eigenvalue weighted by Crippen LogP contribution is 2.39. The molecule has 0 saturated heterocycles. The van der Waals surface area contributed by atoms with Gasteiger partial charge in [0.05, 0.1) is 16.4 Å². The number of nitrogens with zero attached hydrogens (tertiary/aromatic N) is 2. The van der Waals surface area contributed by atoms with Gasteiger partial charge in [-0.2, -0.15) is 0 Å². The van der Waals surface area contributed by atoms with Crippen molar-refractivity contribution in [2.24, 2.45) is 5.41 Å². The first kappa shape index (κ1) is 13.3. The zero-order chi connectivity index (χ0) is 14.0. The van der Waals surface area contributed by atoms with E-state index in [1.54, 1.807) is 6.92 Å². The highest BCUT2D eigenvalue weighted by atomic mass is 16.6. The van der Waals surface area contributed by atoms with Crippen LogP contribution in [0.5, 0.6) is 0 Å². The first-order valence-corrected chi connectivity index (χ1v) is 6.04. The maximum atomic E-state index is 11.3. The van der Waals surface area contributed by atoms with Crippen LogP contribution in [0.1, 0.15) is 26.2 Å². The molecular formula is C12H15N3O4. The molecule has 0 aromatic carbocycles. The Hall–Kier alpha value is -2.18. The van der Waals surface area contributed by atoms with Crippen LogP contribution in [0.3, 0.4) is 0 Å². The average Bonchev–Trinajstić information content (AvgIpc) is 2.73. The van der Waals surface area contributed by atoms with Crippen molar-refractivity contribution in [3.05, 3.63) is 28.4 Å². The highest BCUT2D eigenvalue weighted by molar-refractivity contribution is 5.76. The van der Waals surface area contributed by atoms with Gasteiger partial charge in [-0.05, 0) is 19.8 Å². The van der Waals surface area contributed by atoms with Crippen LogP contribution in [0, 0.1) is 15.5 Å². The van der Waals surface area contributed by atoms with E-state index in [2.05, 4.69) is 10.3 Å². The van der Waals surface area contributed by atoms with Gasteiger partial charge in [-0.3, -0.25) is 14.9 Å². The summed E-state index contributed by atoms with van der Waals surface area (Å²) in [6.07, 6.45) is 3.46. The van der Waals surface area contributed by atoms with Crippen LogP contribution in [0.2, 0.25) is 0 Å². The summed E-state index contributed by atoms with van der Waals surface area (Å²) < 4.78 is 0. The van der Waals surface area contributed by atoms with Crippen LogP contribution in [-0.2, 0) is 4.79 Å². The lowest BCUT2D eigenvalue weighted by Gasteiger charge is -2.27. The van der Waals surface area contributed by atoms with E-state index in [1.807, 2.05) is 0 Å². The second-order valence-electron chi connectivity index (χ2n) is 4.97. The number of nitrogens with one attached hydrogen (secondary N) is 1. The van der Waals surface area contributed by atoms with Crippen molar-refractivity contribution in [2.45, 2.75) is 32.2 Å². The second kappa shape index (κ2) is 4.83. The Morgan fingerprint density at radius 3 is 3.05 bits per heavy atom. The van der Waals surface area contributed by atoms with Crippen molar-refractivity contribution in [2.75, 3.05) is 5.32 Å². The number of carboxylic acids is 1. The molecule has 2 unspecified atom stereocenters. The summed E-state index contributed by atoms with van der Waals surface area (Å²) >= 11 is 0. The fourth-order valence-corrected chi connectivity index (χ4v) is 2.44. The molecule has 1 fully saturated rings. The number of anilines is 1. The molecule has 1 aliphatic carbocycles. The van der Waals surface area contributed by atoms with Gasteiger partial charge >= 0.3 is 5.97 Å². The molecule has 2 atom stereocenters. The number of hydrogen-bond donors (Lipinski definition) is 2. The van der Waals surface area contributed by atoms with E-state index in [1.165, 1.54) is 18.3 Å². The van der Waals surface area contributed by atoms with E-state index >= 15 is 0 Å². The number of carboxylic acid groups (broad SMARTS) is 1. The smallest absolute Gasteiger partial charge is 0.311 e. The minimum atomic E-state index is -0.855. The molecule has 1 aromatic rings. The van der Waals surface area contributed by atoms with Crippen LogP contribution >= 0.6 is 0 Å². The molecule has 2 rings (SSSR count). The Morgan fingerprint density at radius 1 is 1.68 bits per heavy atom. The summed E-state index contributed by atoms with van der Waals surface area (Å²) in [5.74, 6) is -0.512. The monoisotopic (exact) mass is 265 g/mol. The number of carbonyl (C=O) groups is 1. The third-order valence-corrected chi connectivity index (χ3v) is 3.72. The zero-order valence-corrected chi connectivity index (χ0v) is 10.5. The molecular weight excluding hydrogens is 250 g/mol. The molecule has 0 aliphatic heterocycles. The molecule has 1 aromatic heterocycles. The van der Waals surface area contributed by atoms with Crippen molar-refractivity contribution in [1.82, 2.24) is 4.98 Å². The minimum absolute atomic E-state index is 0.0625. The molecule has 102 valence electrons. The Morgan fingerprint density at radius 2 is 2.42 bits per heavy atom. The molecule has 1 heterocycles. The standard InChI is InChI=1S/C12H15N3O4/c1-12(11(16)17)5-2-3-9(12)14-10-7-8(15(18)19)4-6-13-10/h4,6-7,9H,2-3,5H2,1H3,(H,13,14)(H,16,17). The van der Waals surface area contributed by atoms with Crippen molar-refractivity contribution < 1.29 is 14.8 Å². The normalized spacial score (nSPS) is 26.1. The number of aliphatic carboxylic acids is 1. The Balaban J connectivity index is 2.19. The lowest BCUT2D eigenvalue weighted by atomic mass is 9.85. The maximum absolute atomic E-state index is 11.3. The minimum Gasteiger partial charge on any atom is -0.481 e. The number of pyridine rings is 1. The van der Waals surface area contributed by atoms with Gasteiger partial charge in [0.25, 0.3) is 5.69 Å². The summed E-state index contributed by atoms with van der Waals surface area (Å²) in [5.41, 5.74) is -0.917. The SMILES string of the molecule is CC1(C(=O)O)CCCC1Nc1cc([N+](=O)[O-])ccn1. The fraction of sp³-hybridized carbons (Fsp3) is 0.500. The summed E-state index contributed by atoms with van der Waals surface area (Å²) in [6, 6.07) is 2.36. The first-order chi connectivity index (χ1) is 8.93. The van der Waals surface area contributed by atoms with E-state index in [0.717, 1.165) is 6.42 Å². The van der Waals surface area contributed by atoms with Gasteiger partial charge in [-0.25, -0.2) is 4.98 Å². The third-order valence-electron chi connectivity index (χ3n) is 3.72. The van der Waals surface area contributed by atoms with Crippen molar-refractivity contribution in [3.63, 3.8) is 0 Å². The zero-order valence-electron chi connectivity index (χ0n) is 10.5. The van der Waals surface area contributed by atoms with Crippen LogP contribution in [-0.4, -0.2) is 27.0 Å². The van der Waals surface area contributed by atoms with Crippen LogP contribution in [0.25, 0.3) is 0 Å². The molecule has 0 spiro atoms. The van der Waals surface area contributed by atoms with Crippen molar-refractivity contribution in [1.29, 1.82) is 0 Å². The van der Waals surface area contributed by atoms with Gasteiger partial charge in [-0.15, -0.1) is 0 Å². The molecule has 7 nitrogen and oxygen atoms in total. The van der Waals surface area contributed by atoms with E-state index in [-0.39, 0.29) is 11.7 Å². The van der Waals surface area contributed by atoms with Crippen LogP contribution in [0.4, 0.5) is 11.5 Å². The van der Waals surface area contributed by atoms with Gasteiger partial charge in [0, 0.05) is 18.3 Å². The molecule has 7 heteroatoms. The van der Waals surface area contributed by atoms with Crippen LogP contribution < -0.4 is 5.32 Å². The predicted molar refractivity (Wildman–Crippen MR) is 67.9 cm³/mol. The largest absolute Gasteiger partial charge is 0.481 e. The summed E-state index contributed by atoms with van der Waals surface area (Å²) in [4.78, 5) is 25.5. The summed E-state index contributed by atoms with van der Waals surface area (Å²) in [6.45, 7) is 1.69. The predicted octanol–water partition coefficient (Wildman–Crippen LogP) is 2.05. The Labute approximate surface area is 109 Å². The lowest BCUT2D eigenvalue weighted by Crippen LogP contribution is -2.40. The first-order valence-electron chi connectivity index (χ1n) is 6.04. The molecule has 19 heavy (non-hydrogen) atoms. The molecule has 2 N–H and O–H groups in total. The molecule has 1 aliphatic rings. The fourth-order valence-electron chi connectivity index (χ4n) is 2.44. The second-order valence-corrected chi connectivity index (χ2v) is 4.97. The number of aromatic nitrogens is 1. The van der Waals surface area contributed by atoms with Gasteiger partial charge < -0.3 is 10.4 Å². The quantitative estimate of drug-likeness (QED) is 0.637. The average molecular weight is 265 g/mol. The van der Waals surface area contributed by atoms with Crippen LogP contribution in [0.15, 0.2) is 18.3 Å². The van der Waals surface area contributed by atoms with Crippen molar-refractivity contribution >= 4 is 17.5 Å². The lowest BCUT2D eigenvalue weighted by molar-refractivity contribution is -0.384. The summed E-state index contributed by atoms with van der Waals surface area (Å²) in [7, 11) is 0. The maximum Gasteiger partial charge on any atom is 0.311 e. The Kier molecular flexibility index (Phi) is 3.37. The van der Waals surface area contributed by atoms with E-state index in [4.69, 9.17) is 0 Å². The molecule has 0 radical (unpaired) electrons.